The standard InChI is InChI=1S/C18H24N2O4/c1-21-15-11-14(12-16(22-2)18(15)23-3)13-19-8-6-10-24-17-7-4-5-9-20-17/h4-5,7,9,11-12,19H,6,8,10,13H2,1-3H3. The Balaban J connectivity index is 1.77. The van der Waals surface area contributed by atoms with E-state index in [1.165, 1.54) is 0 Å². The molecule has 24 heavy (non-hydrogen) atoms. The highest BCUT2D eigenvalue weighted by Gasteiger charge is 2.12. The summed E-state index contributed by atoms with van der Waals surface area (Å²) in [5, 5.41) is 3.38. The molecule has 0 saturated carbocycles. The number of nitrogens with zero attached hydrogens (tertiary/aromatic N) is 1. The Hall–Kier alpha value is -2.47. The Kier molecular flexibility index (Phi) is 7.17. The van der Waals surface area contributed by atoms with Crippen LogP contribution in [0.4, 0.5) is 0 Å². The van der Waals surface area contributed by atoms with E-state index in [4.69, 9.17) is 18.9 Å². The molecule has 0 bridgehead atoms. The first-order chi connectivity index (χ1) is 11.8. The lowest BCUT2D eigenvalue weighted by atomic mass is 10.1. The first-order valence-electron chi connectivity index (χ1n) is 7.82. The SMILES string of the molecule is COc1cc(CNCCCOc2ccccn2)cc(OC)c1OC. The second-order valence-electron chi connectivity index (χ2n) is 5.08. The fourth-order valence-electron chi connectivity index (χ4n) is 2.28. The minimum absolute atomic E-state index is 0.604. The number of hydrogen-bond donors (Lipinski definition) is 1. The van der Waals surface area contributed by atoms with Gasteiger partial charge in [0.2, 0.25) is 11.6 Å². The highest BCUT2D eigenvalue weighted by molar-refractivity contribution is 5.53. The number of methoxy groups -OCH3 is 3. The maximum absolute atomic E-state index is 5.55. The van der Waals surface area contributed by atoms with Crippen LogP contribution in [0.5, 0.6) is 23.1 Å². The Bertz CT molecular complexity index is 595. The smallest absolute Gasteiger partial charge is 0.213 e. The molecule has 0 aliphatic rings. The van der Waals surface area contributed by atoms with Gasteiger partial charge < -0.3 is 24.3 Å². The topological polar surface area (TPSA) is 61.8 Å². The van der Waals surface area contributed by atoms with E-state index >= 15 is 0 Å². The van der Waals surface area contributed by atoms with Crippen LogP contribution in [-0.4, -0.2) is 39.5 Å². The van der Waals surface area contributed by atoms with Gasteiger partial charge >= 0.3 is 0 Å². The number of nitrogens with one attached hydrogen (secondary N) is 1. The van der Waals surface area contributed by atoms with Crippen molar-refractivity contribution in [2.24, 2.45) is 0 Å². The van der Waals surface area contributed by atoms with Crippen LogP contribution in [0, 0.1) is 0 Å². The van der Waals surface area contributed by atoms with Gasteiger partial charge in [0.1, 0.15) is 0 Å². The van der Waals surface area contributed by atoms with Gasteiger partial charge in [-0.15, -0.1) is 0 Å². The first-order valence-corrected chi connectivity index (χ1v) is 7.82. The molecule has 0 fully saturated rings. The molecule has 130 valence electrons. The van der Waals surface area contributed by atoms with Crippen molar-refractivity contribution in [3.63, 3.8) is 0 Å². The molecule has 1 N–H and O–H groups in total. The molecular weight excluding hydrogens is 308 g/mol. The Morgan fingerprint density at radius 1 is 1.00 bits per heavy atom. The highest BCUT2D eigenvalue weighted by atomic mass is 16.5. The summed E-state index contributed by atoms with van der Waals surface area (Å²) in [7, 11) is 4.83. The quantitative estimate of drug-likeness (QED) is 0.675. The number of pyridine rings is 1. The van der Waals surface area contributed by atoms with E-state index in [1.807, 2.05) is 30.3 Å². The average Bonchev–Trinajstić information content (AvgIpc) is 2.64. The molecule has 0 radical (unpaired) electrons. The molecular formula is C18H24N2O4. The zero-order chi connectivity index (χ0) is 17.2. The van der Waals surface area contributed by atoms with Gasteiger partial charge in [-0.1, -0.05) is 6.07 Å². The normalized spacial score (nSPS) is 10.3. The summed E-state index contributed by atoms with van der Waals surface area (Å²) in [5.41, 5.74) is 1.06. The van der Waals surface area contributed by atoms with Crippen molar-refractivity contribution in [2.75, 3.05) is 34.5 Å². The maximum atomic E-state index is 5.55. The van der Waals surface area contributed by atoms with E-state index in [0.29, 0.717) is 36.3 Å². The van der Waals surface area contributed by atoms with Gasteiger partial charge in [0.05, 0.1) is 27.9 Å². The van der Waals surface area contributed by atoms with Crippen LogP contribution in [0.15, 0.2) is 36.5 Å². The van der Waals surface area contributed by atoms with Crippen molar-refractivity contribution in [3.8, 4) is 23.1 Å². The van der Waals surface area contributed by atoms with E-state index in [0.717, 1.165) is 18.5 Å². The summed E-state index contributed by atoms with van der Waals surface area (Å²) < 4.78 is 21.6. The average molecular weight is 332 g/mol. The molecule has 0 saturated heterocycles. The minimum Gasteiger partial charge on any atom is -0.493 e. The predicted molar refractivity (Wildman–Crippen MR) is 92.2 cm³/mol. The lowest BCUT2D eigenvalue weighted by Gasteiger charge is -2.14. The predicted octanol–water partition coefficient (Wildman–Crippen LogP) is 2.67. The van der Waals surface area contributed by atoms with Gasteiger partial charge in [-0.05, 0) is 36.7 Å². The molecule has 1 aromatic heterocycles. The Morgan fingerprint density at radius 3 is 2.33 bits per heavy atom. The molecule has 1 heterocycles. The van der Waals surface area contributed by atoms with Gasteiger partial charge in [0.25, 0.3) is 0 Å². The molecule has 0 aliphatic heterocycles. The third-order valence-corrected chi connectivity index (χ3v) is 3.44. The van der Waals surface area contributed by atoms with Gasteiger partial charge in [0, 0.05) is 18.8 Å². The van der Waals surface area contributed by atoms with Crippen molar-refractivity contribution in [3.05, 3.63) is 42.1 Å². The molecule has 1 aromatic carbocycles. The molecule has 0 amide bonds. The number of rotatable bonds is 10. The van der Waals surface area contributed by atoms with Crippen LogP contribution in [-0.2, 0) is 6.54 Å². The summed E-state index contributed by atoms with van der Waals surface area (Å²) >= 11 is 0. The summed E-state index contributed by atoms with van der Waals surface area (Å²) in [5.74, 6) is 2.58. The van der Waals surface area contributed by atoms with Crippen molar-refractivity contribution in [2.45, 2.75) is 13.0 Å². The van der Waals surface area contributed by atoms with Crippen LogP contribution < -0.4 is 24.3 Å². The van der Waals surface area contributed by atoms with E-state index in [2.05, 4.69) is 10.3 Å². The highest BCUT2D eigenvalue weighted by Crippen LogP contribution is 2.38. The molecule has 2 rings (SSSR count). The lowest BCUT2D eigenvalue weighted by molar-refractivity contribution is 0.296. The first kappa shape index (κ1) is 17.9. The second kappa shape index (κ2) is 9.62. The molecule has 0 unspecified atom stereocenters. The third-order valence-electron chi connectivity index (χ3n) is 3.44. The van der Waals surface area contributed by atoms with Gasteiger partial charge in [-0.3, -0.25) is 0 Å². The molecule has 0 aliphatic carbocycles. The van der Waals surface area contributed by atoms with Crippen molar-refractivity contribution < 1.29 is 18.9 Å². The molecule has 2 aromatic rings. The number of benzene rings is 1. The van der Waals surface area contributed by atoms with Crippen LogP contribution in [0.3, 0.4) is 0 Å². The monoisotopic (exact) mass is 332 g/mol. The zero-order valence-corrected chi connectivity index (χ0v) is 14.4. The van der Waals surface area contributed by atoms with E-state index in [-0.39, 0.29) is 0 Å². The van der Waals surface area contributed by atoms with Gasteiger partial charge in [-0.25, -0.2) is 4.98 Å². The van der Waals surface area contributed by atoms with Crippen molar-refractivity contribution in [1.82, 2.24) is 10.3 Å². The zero-order valence-electron chi connectivity index (χ0n) is 14.4. The molecule has 0 atom stereocenters. The fourth-order valence-corrected chi connectivity index (χ4v) is 2.28. The molecule has 6 heteroatoms. The third kappa shape index (κ3) is 5.03. The van der Waals surface area contributed by atoms with Crippen LogP contribution >= 0.6 is 0 Å². The summed E-state index contributed by atoms with van der Waals surface area (Å²) in [4.78, 5) is 4.12. The maximum Gasteiger partial charge on any atom is 0.213 e. The van der Waals surface area contributed by atoms with Gasteiger partial charge in [0.15, 0.2) is 11.5 Å². The number of aromatic nitrogens is 1. The second-order valence-corrected chi connectivity index (χ2v) is 5.08. The Morgan fingerprint density at radius 2 is 1.75 bits per heavy atom. The molecule has 6 nitrogen and oxygen atoms in total. The van der Waals surface area contributed by atoms with E-state index in [1.54, 1.807) is 27.5 Å². The molecule has 0 spiro atoms. The Labute approximate surface area is 142 Å². The number of ether oxygens (including phenoxy) is 4. The van der Waals surface area contributed by atoms with Crippen LogP contribution in [0.2, 0.25) is 0 Å². The fraction of sp³-hybridized carbons (Fsp3) is 0.389. The lowest BCUT2D eigenvalue weighted by Crippen LogP contribution is -2.17. The van der Waals surface area contributed by atoms with E-state index in [9.17, 15) is 0 Å². The minimum atomic E-state index is 0.604. The number of hydrogen-bond acceptors (Lipinski definition) is 6. The summed E-state index contributed by atoms with van der Waals surface area (Å²) in [6, 6.07) is 9.51. The largest absolute Gasteiger partial charge is 0.493 e. The summed E-state index contributed by atoms with van der Waals surface area (Å²) in [6.45, 7) is 2.17. The summed E-state index contributed by atoms with van der Waals surface area (Å²) in [6.07, 6.45) is 2.61. The van der Waals surface area contributed by atoms with E-state index < -0.39 is 0 Å². The van der Waals surface area contributed by atoms with Crippen LogP contribution in [0.1, 0.15) is 12.0 Å². The van der Waals surface area contributed by atoms with Crippen LogP contribution in [0.25, 0.3) is 0 Å². The van der Waals surface area contributed by atoms with Crippen molar-refractivity contribution >= 4 is 0 Å². The van der Waals surface area contributed by atoms with Gasteiger partial charge in [-0.2, -0.15) is 0 Å². The van der Waals surface area contributed by atoms with Crippen molar-refractivity contribution in [1.29, 1.82) is 0 Å².